The lowest BCUT2D eigenvalue weighted by Gasteiger charge is -2.37. The summed E-state index contributed by atoms with van der Waals surface area (Å²) in [5.74, 6) is -1.09. The van der Waals surface area contributed by atoms with Crippen LogP contribution >= 0.6 is 0 Å². The van der Waals surface area contributed by atoms with E-state index in [-0.39, 0.29) is 11.1 Å². The number of carboxylic acid groups (broad SMARTS) is 1. The molecule has 5 aromatic rings. The Morgan fingerprint density at radius 1 is 0.944 bits per heavy atom. The Balaban J connectivity index is 1.79. The fourth-order valence-corrected chi connectivity index (χ4v) is 5.23. The summed E-state index contributed by atoms with van der Waals surface area (Å²) in [5, 5.41) is 15.5. The molecule has 8 nitrogen and oxygen atoms in total. The number of furan rings is 1. The molecule has 8 heteroatoms. The molecule has 0 aliphatic carbocycles. The highest BCUT2D eigenvalue weighted by Gasteiger charge is 2.35. The molecule has 180 valence electrons. The third-order valence-corrected chi connectivity index (χ3v) is 6.80. The van der Waals surface area contributed by atoms with Gasteiger partial charge in [-0.3, -0.25) is 19.2 Å². The van der Waals surface area contributed by atoms with Gasteiger partial charge in [-0.15, -0.1) is 0 Å². The number of benzene rings is 2. The molecule has 1 aliphatic rings. The number of hydrogen-bond acceptors (Lipinski definition) is 6. The van der Waals surface area contributed by atoms with E-state index in [4.69, 9.17) is 9.40 Å². The summed E-state index contributed by atoms with van der Waals surface area (Å²) in [7, 11) is 0. The number of hydrogen-bond donors (Lipinski definition) is 2. The molecule has 0 bridgehead atoms. The van der Waals surface area contributed by atoms with Gasteiger partial charge in [-0.1, -0.05) is 36.4 Å². The van der Waals surface area contributed by atoms with Crippen LogP contribution in [0.1, 0.15) is 27.8 Å². The second-order valence-corrected chi connectivity index (χ2v) is 8.80. The molecule has 0 spiro atoms. The van der Waals surface area contributed by atoms with Crippen LogP contribution in [0.4, 0.5) is 0 Å². The van der Waals surface area contributed by atoms with E-state index in [9.17, 15) is 14.7 Å². The van der Waals surface area contributed by atoms with E-state index in [1.165, 1.54) is 0 Å². The number of rotatable bonds is 5. The predicted octanol–water partition coefficient (Wildman–Crippen LogP) is 3.82. The predicted molar refractivity (Wildman–Crippen MR) is 137 cm³/mol. The van der Waals surface area contributed by atoms with Gasteiger partial charge >= 0.3 is 5.97 Å². The van der Waals surface area contributed by atoms with Crippen LogP contribution in [-0.4, -0.2) is 51.7 Å². The van der Waals surface area contributed by atoms with Crippen molar-refractivity contribution in [2.24, 2.45) is 0 Å². The summed E-state index contributed by atoms with van der Waals surface area (Å²) in [6.07, 6.45) is 3.27. The van der Waals surface area contributed by atoms with Gasteiger partial charge in [0.2, 0.25) is 0 Å². The molecule has 4 heterocycles. The lowest BCUT2D eigenvalue weighted by molar-refractivity contribution is 0.0693. The zero-order chi connectivity index (χ0) is 24.6. The lowest BCUT2D eigenvalue weighted by atomic mass is 9.94. The Labute approximate surface area is 206 Å². The van der Waals surface area contributed by atoms with Crippen LogP contribution in [0.15, 0.2) is 88.4 Å². The van der Waals surface area contributed by atoms with E-state index >= 15 is 0 Å². The van der Waals surface area contributed by atoms with Gasteiger partial charge in [0.1, 0.15) is 5.58 Å². The molecular weight excluding hydrogens is 456 g/mol. The number of nitrogens with zero attached hydrogens (tertiary/aromatic N) is 3. The number of nitrogens with one attached hydrogen (secondary N) is 1. The van der Waals surface area contributed by atoms with Crippen molar-refractivity contribution in [3.63, 3.8) is 0 Å². The van der Waals surface area contributed by atoms with Crippen LogP contribution < -0.4 is 10.9 Å². The van der Waals surface area contributed by atoms with Crippen LogP contribution in [-0.2, 0) is 0 Å². The van der Waals surface area contributed by atoms with E-state index in [1.54, 1.807) is 47.4 Å². The third-order valence-electron chi connectivity index (χ3n) is 6.80. The molecule has 2 aromatic carbocycles. The van der Waals surface area contributed by atoms with Gasteiger partial charge in [0.25, 0.3) is 5.56 Å². The highest BCUT2D eigenvalue weighted by Crippen LogP contribution is 2.37. The topological polar surface area (TPSA) is 101 Å². The van der Waals surface area contributed by atoms with Crippen LogP contribution in [0, 0.1) is 0 Å². The summed E-state index contributed by atoms with van der Waals surface area (Å²) in [6.45, 7) is 2.80. The quantitative estimate of drug-likeness (QED) is 0.394. The molecule has 36 heavy (non-hydrogen) atoms. The molecule has 0 amide bonds. The first kappa shape index (κ1) is 22.2. The minimum Gasteiger partial charge on any atom is -0.478 e. The fourth-order valence-electron chi connectivity index (χ4n) is 5.23. The molecule has 1 atom stereocenters. The van der Waals surface area contributed by atoms with Gasteiger partial charge < -0.3 is 14.8 Å². The maximum Gasteiger partial charge on any atom is 0.338 e. The molecule has 1 fully saturated rings. The normalized spacial score (nSPS) is 15.3. The molecule has 3 aromatic heterocycles. The van der Waals surface area contributed by atoms with E-state index < -0.39 is 12.0 Å². The number of pyridine rings is 2. The highest BCUT2D eigenvalue weighted by atomic mass is 16.4. The Bertz CT molecular complexity index is 1630. The van der Waals surface area contributed by atoms with Crippen LogP contribution in [0.5, 0.6) is 0 Å². The first-order valence-electron chi connectivity index (χ1n) is 11.9. The number of para-hydroxylation sites is 1. The number of fused-ring (bicyclic) bond motifs is 2. The van der Waals surface area contributed by atoms with Gasteiger partial charge in [-0.05, 0) is 30.3 Å². The number of carboxylic acids is 1. The maximum absolute atomic E-state index is 14.1. The molecular formula is C28H24N4O4. The van der Waals surface area contributed by atoms with E-state index in [2.05, 4.69) is 10.2 Å². The zero-order valence-electron chi connectivity index (χ0n) is 19.4. The standard InChI is InChI=1S/C28H24N4O4/c33-27-20-9-5-4-8-19(20)23(28(34)35)25(32(27)18-6-2-1-3-7-18)26(31-15-13-29-14-16-31)24-21-11-17-36-22(21)10-12-30-24/h1-12,17,26,29H,13-16H2,(H,34,35). The first-order chi connectivity index (χ1) is 17.6. The van der Waals surface area contributed by atoms with E-state index in [0.29, 0.717) is 46.5 Å². The minimum absolute atomic E-state index is 0.0971. The Morgan fingerprint density at radius 2 is 1.67 bits per heavy atom. The number of aromatic carboxylic acids is 1. The van der Waals surface area contributed by atoms with Crippen molar-refractivity contribution in [1.29, 1.82) is 0 Å². The summed E-state index contributed by atoms with van der Waals surface area (Å²) >= 11 is 0. The largest absolute Gasteiger partial charge is 0.478 e. The minimum atomic E-state index is -1.09. The van der Waals surface area contributed by atoms with Crippen LogP contribution in [0.25, 0.3) is 27.4 Å². The summed E-state index contributed by atoms with van der Waals surface area (Å²) < 4.78 is 7.22. The van der Waals surface area contributed by atoms with Crippen molar-refractivity contribution in [1.82, 2.24) is 19.8 Å². The van der Waals surface area contributed by atoms with Gasteiger partial charge in [0.15, 0.2) is 0 Å². The second kappa shape index (κ2) is 9.07. The first-order valence-corrected chi connectivity index (χ1v) is 11.9. The monoisotopic (exact) mass is 480 g/mol. The van der Waals surface area contributed by atoms with Crippen LogP contribution in [0.2, 0.25) is 0 Å². The number of piperazine rings is 1. The Morgan fingerprint density at radius 3 is 2.42 bits per heavy atom. The smallest absolute Gasteiger partial charge is 0.338 e. The van der Waals surface area contributed by atoms with Gasteiger partial charge in [-0.2, -0.15) is 0 Å². The highest BCUT2D eigenvalue weighted by molar-refractivity contribution is 6.05. The molecule has 6 rings (SSSR count). The summed E-state index contributed by atoms with van der Waals surface area (Å²) in [6, 6.07) is 19.2. The van der Waals surface area contributed by atoms with Crippen molar-refractivity contribution in [3.8, 4) is 5.69 Å². The second-order valence-electron chi connectivity index (χ2n) is 8.80. The van der Waals surface area contributed by atoms with E-state index in [0.717, 1.165) is 18.5 Å². The molecule has 0 saturated carbocycles. The maximum atomic E-state index is 14.1. The van der Waals surface area contributed by atoms with Crippen molar-refractivity contribution >= 4 is 27.7 Å². The molecule has 2 N–H and O–H groups in total. The summed E-state index contributed by atoms with van der Waals surface area (Å²) in [5.41, 5.74) is 2.14. The zero-order valence-corrected chi connectivity index (χ0v) is 19.4. The van der Waals surface area contributed by atoms with Crippen molar-refractivity contribution in [2.75, 3.05) is 26.2 Å². The van der Waals surface area contributed by atoms with Crippen molar-refractivity contribution in [2.45, 2.75) is 6.04 Å². The Kier molecular flexibility index (Phi) is 5.59. The average Bonchev–Trinajstić information content (AvgIpc) is 3.40. The lowest BCUT2D eigenvalue weighted by Crippen LogP contribution is -2.47. The Hall–Kier alpha value is -4.27. The van der Waals surface area contributed by atoms with Gasteiger partial charge in [0, 0.05) is 54.2 Å². The number of carbonyl (C=O) groups is 1. The van der Waals surface area contributed by atoms with Crippen molar-refractivity contribution < 1.29 is 14.3 Å². The molecule has 0 radical (unpaired) electrons. The SMILES string of the molecule is O=C(O)c1c(C(c2nccc3occc23)N2CCNCC2)n(-c2ccccc2)c(=O)c2ccccc12. The molecule has 1 unspecified atom stereocenters. The number of aromatic nitrogens is 2. The van der Waals surface area contributed by atoms with Gasteiger partial charge in [0.05, 0.1) is 29.3 Å². The van der Waals surface area contributed by atoms with Crippen molar-refractivity contribution in [3.05, 3.63) is 106 Å². The van der Waals surface area contributed by atoms with Gasteiger partial charge in [-0.25, -0.2) is 4.79 Å². The summed E-state index contributed by atoms with van der Waals surface area (Å²) in [4.78, 5) is 34.0. The van der Waals surface area contributed by atoms with E-state index in [1.807, 2.05) is 36.4 Å². The molecule has 1 saturated heterocycles. The fraction of sp³-hybridized carbons (Fsp3) is 0.179. The molecule has 1 aliphatic heterocycles. The van der Waals surface area contributed by atoms with Crippen LogP contribution in [0.3, 0.4) is 0 Å². The third kappa shape index (κ3) is 3.59. The average molecular weight is 481 g/mol.